The van der Waals surface area contributed by atoms with Crippen LogP contribution in [0.2, 0.25) is 0 Å². The van der Waals surface area contributed by atoms with Crippen LogP contribution >= 0.6 is 0 Å². The minimum absolute atomic E-state index is 0.0471. The van der Waals surface area contributed by atoms with E-state index in [1.165, 1.54) is 32.2 Å². The minimum atomic E-state index is -0.956. The zero-order valence-corrected chi connectivity index (χ0v) is 14.5. The number of nitro groups is 1. The normalized spacial score (nSPS) is 11.5. The van der Waals surface area contributed by atoms with Gasteiger partial charge >= 0.3 is 0 Å². The molecule has 0 aliphatic carbocycles. The van der Waals surface area contributed by atoms with E-state index in [0.29, 0.717) is 11.5 Å². The summed E-state index contributed by atoms with van der Waals surface area (Å²) >= 11 is 0. The van der Waals surface area contributed by atoms with Crippen LogP contribution in [0.1, 0.15) is 15.9 Å². The summed E-state index contributed by atoms with van der Waals surface area (Å²) in [6.45, 7) is 1.40. The van der Waals surface area contributed by atoms with Crippen LogP contribution in [-0.2, 0) is 0 Å². The Morgan fingerprint density at radius 1 is 1.23 bits per heavy atom. The first-order valence-electron chi connectivity index (χ1n) is 7.90. The Kier molecular flexibility index (Phi) is 6.51. The van der Waals surface area contributed by atoms with E-state index in [2.05, 4.69) is 5.32 Å². The number of ether oxygens (including phenoxy) is 2. The molecule has 0 spiro atoms. The van der Waals surface area contributed by atoms with Crippen LogP contribution in [0.5, 0.6) is 11.5 Å². The summed E-state index contributed by atoms with van der Waals surface area (Å²) in [6.07, 6.45) is -0.956. The smallest absolute Gasteiger partial charge is 0.273 e. The topological polar surface area (TPSA) is 111 Å². The van der Waals surface area contributed by atoms with Crippen LogP contribution in [0.25, 0.3) is 0 Å². The van der Waals surface area contributed by atoms with Gasteiger partial charge in [0.1, 0.15) is 12.7 Å². The lowest BCUT2D eigenvalue weighted by Crippen LogP contribution is -2.35. The molecule has 0 heterocycles. The Labute approximate surface area is 150 Å². The van der Waals surface area contributed by atoms with E-state index in [9.17, 15) is 20.0 Å². The van der Waals surface area contributed by atoms with Crippen LogP contribution in [-0.4, -0.2) is 42.3 Å². The Hall–Kier alpha value is -3.13. The molecular weight excluding hydrogens is 340 g/mol. The van der Waals surface area contributed by atoms with Gasteiger partial charge in [-0.05, 0) is 25.1 Å². The van der Waals surface area contributed by atoms with Crippen LogP contribution in [0.3, 0.4) is 0 Å². The summed E-state index contributed by atoms with van der Waals surface area (Å²) in [5.41, 5.74) is 0.338. The number of nitro benzene ring substituents is 1. The molecule has 138 valence electrons. The average molecular weight is 360 g/mol. The number of rotatable bonds is 8. The Balaban J connectivity index is 1.91. The van der Waals surface area contributed by atoms with Crippen molar-refractivity contribution in [2.45, 2.75) is 13.0 Å². The third-order valence-electron chi connectivity index (χ3n) is 3.75. The van der Waals surface area contributed by atoms with Gasteiger partial charge in [-0.25, -0.2) is 0 Å². The molecule has 2 rings (SSSR count). The molecule has 2 aromatic carbocycles. The number of carbonyl (C=O) groups is 1. The molecule has 0 radical (unpaired) electrons. The highest BCUT2D eigenvalue weighted by atomic mass is 16.6. The minimum Gasteiger partial charge on any atom is -0.493 e. The molecule has 0 unspecified atom stereocenters. The highest BCUT2D eigenvalue weighted by Gasteiger charge is 2.18. The lowest BCUT2D eigenvalue weighted by molar-refractivity contribution is -0.385. The average Bonchev–Trinajstić information content (AvgIpc) is 2.64. The molecule has 0 aliphatic rings. The van der Waals surface area contributed by atoms with Crippen molar-refractivity contribution in [3.8, 4) is 11.5 Å². The highest BCUT2D eigenvalue weighted by Crippen LogP contribution is 2.25. The number of hydrogen-bond acceptors (Lipinski definition) is 6. The zero-order valence-electron chi connectivity index (χ0n) is 14.5. The second kappa shape index (κ2) is 8.82. The Bertz CT molecular complexity index is 793. The van der Waals surface area contributed by atoms with Crippen molar-refractivity contribution in [3.05, 3.63) is 63.7 Å². The maximum atomic E-state index is 12.2. The first-order valence-corrected chi connectivity index (χ1v) is 7.90. The molecule has 2 N–H and O–H groups in total. The molecular formula is C18H20N2O6. The first-order chi connectivity index (χ1) is 12.4. The van der Waals surface area contributed by atoms with Crippen LogP contribution < -0.4 is 14.8 Å². The largest absolute Gasteiger partial charge is 0.493 e. The van der Waals surface area contributed by atoms with Crippen molar-refractivity contribution in [1.82, 2.24) is 5.32 Å². The number of para-hydroxylation sites is 2. The van der Waals surface area contributed by atoms with Gasteiger partial charge in [-0.3, -0.25) is 14.9 Å². The van der Waals surface area contributed by atoms with Crippen molar-refractivity contribution in [3.63, 3.8) is 0 Å². The van der Waals surface area contributed by atoms with Gasteiger partial charge in [0, 0.05) is 23.7 Å². The first kappa shape index (κ1) is 19.2. The lowest BCUT2D eigenvalue weighted by atomic mass is 10.1. The molecule has 1 amide bonds. The molecule has 8 heteroatoms. The van der Waals surface area contributed by atoms with Gasteiger partial charge < -0.3 is 19.9 Å². The number of hydrogen-bond donors (Lipinski definition) is 2. The molecule has 0 aliphatic heterocycles. The van der Waals surface area contributed by atoms with Crippen molar-refractivity contribution in [1.29, 1.82) is 0 Å². The summed E-state index contributed by atoms with van der Waals surface area (Å²) in [5.74, 6) is 0.522. The maximum absolute atomic E-state index is 12.2. The van der Waals surface area contributed by atoms with Gasteiger partial charge in [0.25, 0.3) is 11.6 Å². The van der Waals surface area contributed by atoms with Gasteiger partial charge in [0.15, 0.2) is 11.5 Å². The van der Waals surface area contributed by atoms with E-state index in [4.69, 9.17) is 9.47 Å². The van der Waals surface area contributed by atoms with Gasteiger partial charge in [-0.1, -0.05) is 18.2 Å². The quantitative estimate of drug-likeness (QED) is 0.551. The summed E-state index contributed by atoms with van der Waals surface area (Å²) in [5, 5.41) is 23.5. The number of nitrogens with one attached hydrogen (secondary N) is 1. The second-order valence-corrected chi connectivity index (χ2v) is 5.53. The number of aliphatic hydroxyl groups excluding tert-OH is 1. The van der Waals surface area contributed by atoms with Crippen molar-refractivity contribution < 1.29 is 24.3 Å². The standard InChI is InChI=1S/C18H20N2O6/c1-12-14(6-5-7-15(12)20(23)24)18(22)19-10-13(21)11-26-17-9-4-3-8-16(17)25-2/h3-9,13,21H,10-11H2,1-2H3,(H,19,22)/t13-/m0/s1. The number of methoxy groups -OCH3 is 1. The van der Waals surface area contributed by atoms with Crippen molar-refractivity contribution >= 4 is 11.6 Å². The maximum Gasteiger partial charge on any atom is 0.273 e. The van der Waals surface area contributed by atoms with E-state index in [1.54, 1.807) is 24.3 Å². The summed E-state index contributed by atoms with van der Waals surface area (Å²) in [4.78, 5) is 22.6. The van der Waals surface area contributed by atoms with Crippen LogP contribution in [0, 0.1) is 17.0 Å². The summed E-state index contributed by atoms with van der Waals surface area (Å²) in [7, 11) is 1.51. The number of aliphatic hydroxyl groups is 1. The number of nitrogens with zero attached hydrogens (tertiary/aromatic N) is 1. The SMILES string of the molecule is COc1ccccc1OC[C@@H](O)CNC(=O)c1cccc([N+](=O)[O-])c1C. The van der Waals surface area contributed by atoms with E-state index in [-0.39, 0.29) is 30.0 Å². The fourth-order valence-corrected chi connectivity index (χ4v) is 2.36. The van der Waals surface area contributed by atoms with Gasteiger partial charge in [-0.15, -0.1) is 0 Å². The number of benzene rings is 2. The van der Waals surface area contributed by atoms with Crippen LogP contribution in [0.15, 0.2) is 42.5 Å². The summed E-state index contributed by atoms with van der Waals surface area (Å²) in [6, 6.07) is 11.3. The molecule has 2 aromatic rings. The fraction of sp³-hybridized carbons (Fsp3) is 0.278. The molecule has 26 heavy (non-hydrogen) atoms. The third kappa shape index (κ3) is 4.70. The molecule has 1 atom stereocenters. The molecule has 8 nitrogen and oxygen atoms in total. The number of amides is 1. The van der Waals surface area contributed by atoms with Gasteiger partial charge in [0.2, 0.25) is 0 Å². The molecule has 0 saturated heterocycles. The van der Waals surface area contributed by atoms with E-state index in [1.807, 2.05) is 0 Å². The second-order valence-electron chi connectivity index (χ2n) is 5.53. The van der Waals surface area contributed by atoms with Gasteiger partial charge in [0.05, 0.1) is 12.0 Å². The van der Waals surface area contributed by atoms with Gasteiger partial charge in [-0.2, -0.15) is 0 Å². The lowest BCUT2D eigenvalue weighted by Gasteiger charge is -2.15. The monoisotopic (exact) mass is 360 g/mol. The summed E-state index contributed by atoms with van der Waals surface area (Å²) < 4.78 is 10.6. The molecule has 0 bridgehead atoms. The predicted molar refractivity (Wildman–Crippen MR) is 94.7 cm³/mol. The number of carbonyl (C=O) groups excluding carboxylic acids is 1. The Morgan fingerprint density at radius 2 is 1.92 bits per heavy atom. The molecule has 0 saturated carbocycles. The third-order valence-corrected chi connectivity index (χ3v) is 3.75. The van der Waals surface area contributed by atoms with Crippen molar-refractivity contribution in [2.24, 2.45) is 0 Å². The van der Waals surface area contributed by atoms with Crippen LogP contribution in [0.4, 0.5) is 5.69 Å². The molecule has 0 fully saturated rings. The van der Waals surface area contributed by atoms with Crippen molar-refractivity contribution in [2.75, 3.05) is 20.3 Å². The molecule has 0 aromatic heterocycles. The van der Waals surface area contributed by atoms with E-state index < -0.39 is 16.9 Å². The fourth-order valence-electron chi connectivity index (χ4n) is 2.36. The van der Waals surface area contributed by atoms with E-state index >= 15 is 0 Å². The predicted octanol–water partition coefficient (Wildman–Crippen LogP) is 2.08. The highest BCUT2D eigenvalue weighted by molar-refractivity contribution is 5.96. The van der Waals surface area contributed by atoms with E-state index in [0.717, 1.165) is 0 Å². The Morgan fingerprint density at radius 3 is 2.58 bits per heavy atom. The zero-order chi connectivity index (χ0) is 19.1.